The van der Waals surface area contributed by atoms with Gasteiger partial charge in [0, 0.05) is 11.5 Å². The van der Waals surface area contributed by atoms with E-state index in [1.165, 1.54) is 25.8 Å². The first-order chi connectivity index (χ1) is 8.63. The predicted molar refractivity (Wildman–Crippen MR) is 77.0 cm³/mol. The van der Waals surface area contributed by atoms with Crippen LogP contribution in [0.4, 0.5) is 0 Å². The molecular weight excluding hydrogens is 218 g/mol. The lowest BCUT2D eigenvalue weighted by Crippen LogP contribution is -2.29. The monoisotopic (exact) mass is 243 g/mol. The molecule has 1 saturated carbocycles. The largest absolute Gasteiger partial charge is 0.314 e. The quantitative estimate of drug-likeness (QED) is 0.850. The Labute approximate surface area is 111 Å². The molecule has 0 bridgehead atoms. The van der Waals surface area contributed by atoms with Crippen LogP contribution in [0.5, 0.6) is 0 Å². The lowest BCUT2D eigenvalue weighted by molar-refractivity contribution is 0.439. The van der Waals surface area contributed by atoms with Crippen molar-refractivity contribution in [3.05, 3.63) is 35.4 Å². The van der Waals surface area contributed by atoms with E-state index in [9.17, 15) is 0 Å². The average Bonchev–Trinajstić information content (AvgIpc) is 3.07. The fraction of sp³-hybridized carbons (Fsp3) is 0.647. The van der Waals surface area contributed by atoms with Gasteiger partial charge in [0.15, 0.2) is 0 Å². The second-order valence-corrected chi connectivity index (χ2v) is 6.65. The molecule has 3 unspecified atom stereocenters. The molecule has 2 aliphatic carbocycles. The third-order valence-corrected chi connectivity index (χ3v) is 5.06. The summed E-state index contributed by atoms with van der Waals surface area (Å²) in [5.74, 6) is 1.62. The first kappa shape index (κ1) is 12.2. The number of hydrogen-bond donors (Lipinski definition) is 1. The van der Waals surface area contributed by atoms with Gasteiger partial charge >= 0.3 is 0 Å². The molecule has 0 saturated heterocycles. The Kier molecular flexibility index (Phi) is 2.97. The van der Waals surface area contributed by atoms with Gasteiger partial charge in [0.05, 0.1) is 0 Å². The van der Waals surface area contributed by atoms with Gasteiger partial charge in [-0.2, -0.15) is 0 Å². The summed E-state index contributed by atoms with van der Waals surface area (Å²) in [7, 11) is 0. The van der Waals surface area contributed by atoms with Crippen LogP contribution in [0.3, 0.4) is 0 Å². The zero-order chi connectivity index (χ0) is 12.8. The van der Waals surface area contributed by atoms with Crippen molar-refractivity contribution in [2.24, 2.45) is 5.92 Å². The molecule has 1 nitrogen and oxygen atoms in total. The van der Waals surface area contributed by atoms with Crippen LogP contribution in [0.25, 0.3) is 0 Å². The highest BCUT2D eigenvalue weighted by Gasteiger charge is 2.56. The Bertz CT molecular complexity index is 437. The molecule has 1 N–H and O–H groups in total. The summed E-state index contributed by atoms with van der Waals surface area (Å²) in [6.07, 6.45) is 4.17. The highest BCUT2D eigenvalue weighted by atomic mass is 14.9. The summed E-state index contributed by atoms with van der Waals surface area (Å²) in [4.78, 5) is 0. The van der Waals surface area contributed by atoms with Crippen molar-refractivity contribution >= 4 is 0 Å². The third-order valence-electron chi connectivity index (χ3n) is 5.06. The van der Waals surface area contributed by atoms with Crippen molar-refractivity contribution in [3.63, 3.8) is 0 Å². The van der Waals surface area contributed by atoms with Crippen LogP contribution in [0.2, 0.25) is 0 Å². The minimum Gasteiger partial charge on any atom is -0.314 e. The summed E-state index contributed by atoms with van der Waals surface area (Å²) in [6, 6.07) is 9.79. The summed E-state index contributed by atoms with van der Waals surface area (Å²) < 4.78 is 0. The maximum absolute atomic E-state index is 3.62. The second-order valence-electron chi connectivity index (χ2n) is 6.65. The number of fused-ring (bicyclic) bond motifs is 2. The maximum Gasteiger partial charge on any atom is 0.00104 e. The van der Waals surface area contributed by atoms with Crippen LogP contribution in [0.1, 0.15) is 57.1 Å². The van der Waals surface area contributed by atoms with Crippen LogP contribution < -0.4 is 5.32 Å². The standard InChI is InChI=1S/C17H25N/c1-12(2)18-11-14-10-17(14)9-8-13(3)15-6-4-5-7-16(15)17/h4-7,12-14,18H,8-11H2,1-3H3. The lowest BCUT2D eigenvalue weighted by atomic mass is 9.74. The van der Waals surface area contributed by atoms with Crippen LogP contribution in [0, 0.1) is 5.92 Å². The molecule has 0 amide bonds. The lowest BCUT2D eigenvalue weighted by Gasteiger charge is -2.31. The molecule has 18 heavy (non-hydrogen) atoms. The minimum absolute atomic E-state index is 0.533. The normalized spacial score (nSPS) is 33.8. The van der Waals surface area contributed by atoms with Gasteiger partial charge in [-0.3, -0.25) is 0 Å². The summed E-state index contributed by atoms with van der Waals surface area (Å²) >= 11 is 0. The first-order valence-corrected chi connectivity index (χ1v) is 7.46. The molecule has 3 rings (SSSR count). The molecule has 1 aromatic carbocycles. The van der Waals surface area contributed by atoms with E-state index in [0.717, 1.165) is 11.8 Å². The summed E-state index contributed by atoms with van der Waals surface area (Å²) in [5.41, 5.74) is 3.82. The van der Waals surface area contributed by atoms with E-state index >= 15 is 0 Å². The number of benzene rings is 1. The first-order valence-electron chi connectivity index (χ1n) is 7.46. The van der Waals surface area contributed by atoms with Crippen molar-refractivity contribution in [3.8, 4) is 0 Å². The maximum atomic E-state index is 3.62. The third kappa shape index (κ3) is 1.89. The van der Waals surface area contributed by atoms with Crippen LogP contribution in [-0.2, 0) is 5.41 Å². The van der Waals surface area contributed by atoms with Gasteiger partial charge in [-0.15, -0.1) is 0 Å². The van der Waals surface area contributed by atoms with Gasteiger partial charge < -0.3 is 5.32 Å². The Balaban J connectivity index is 1.82. The summed E-state index contributed by atoms with van der Waals surface area (Å²) in [5, 5.41) is 3.62. The molecule has 2 aliphatic rings. The predicted octanol–water partition coefficient (Wildman–Crippen LogP) is 3.84. The fourth-order valence-electron chi connectivity index (χ4n) is 3.81. The smallest absolute Gasteiger partial charge is 0.00104 e. The highest BCUT2D eigenvalue weighted by molar-refractivity contribution is 5.44. The topological polar surface area (TPSA) is 12.0 Å². The molecule has 1 aromatic rings. The number of rotatable bonds is 3. The van der Waals surface area contributed by atoms with Gasteiger partial charge in [-0.05, 0) is 48.8 Å². The second kappa shape index (κ2) is 4.38. The fourth-order valence-corrected chi connectivity index (χ4v) is 3.81. The molecule has 0 heterocycles. The van der Waals surface area contributed by atoms with E-state index in [1.54, 1.807) is 11.1 Å². The zero-order valence-corrected chi connectivity index (χ0v) is 11.9. The Morgan fingerprint density at radius 2 is 2.11 bits per heavy atom. The molecule has 98 valence electrons. The minimum atomic E-state index is 0.533. The Morgan fingerprint density at radius 3 is 2.89 bits per heavy atom. The van der Waals surface area contributed by atoms with E-state index in [1.807, 2.05) is 0 Å². The van der Waals surface area contributed by atoms with E-state index in [-0.39, 0.29) is 0 Å². The van der Waals surface area contributed by atoms with E-state index in [4.69, 9.17) is 0 Å². The van der Waals surface area contributed by atoms with E-state index in [0.29, 0.717) is 11.5 Å². The van der Waals surface area contributed by atoms with Gasteiger partial charge in [-0.25, -0.2) is 0 Å². The SMILES string of the molecule is CC(C)NCC1CC12CCC(C)c1ccccc12. The molecule has 0 aromatic heterocycles. The number of nitrogens with one attached hydrogen (secondary N) is 1. The Morgan fingerprint density at radius 1 is 1.33 bits per heavy atom. The molecule has 1 spiro atoms. The van der Waals surface area contributed by atoms with E-state index in [2.05, 4.69) is 50.4 Å². The molecular formula is C17H25N. The van der Waals surface area contributed by atoms with Gasteiger partial charge in [-0.1, -0.05) is 45.0 Å². The molecule has 0 aliphatic heterocycles. The van der Waals surface area contributed by atoms with Crippen molar-refractivity contribution < 1.29 is 0 Å². The zero-order valence-electron chi connectivity index (χ0n) is 11.9. The molecule has 1 heteroatoms. The van der Waals surface area contributed by atoms with Crippen LogP contribution in [-0.4, -0.2) is 12.6 Å². The van der Waals surface area contributed by atoms with Gasteiger partial charge in [0.2, 0.25) is 0 Å². The summed E-state index contributed by atoms with van der Waals surface area (Å²) in [6.45, 7) is 8.06. The van der Waals surface area contributed by atoms with Crippen molar-refractivity contribution in [1.29, 1.82) is 0 Å². The van der Waals surface area contributed by atoms with Crippen molar-refractivity contribution in [2.45, 2.75) is 57.4 Å². The Hall–Kier alpha value is -0.820. The van der Waals surface area contributed by atoms with Gasteiger partial charge in [0.25, 0.3) is 0 Å². The van der Waals surface area contributed by atoms with Crippen molar-refractivity contribution in [2.75, 3.05) is 6.54 Å². The van der Waals surface area contributed by atoms with Crippen LogP contribution >= 0.6 is 0 Å². The molecule has 3 atom stereocenters. The molecule has 1 fully saturated rings. The van der Waals surface area contributed by atoms with Crippen LogP contribution in [0.15, 0.2) is 24.3 Å². The molecule has 0 radical (unpaired) electrons. The average molecular weight is 243 g/mol. The van der Waals surface area contributed by atoms with Crippen molar-refractivity contribution in [1.82, 2.24) is 5.32 Å². The van der Waals surface area contributed by atoms with Gasteiger partial charge in [0.1, 0.15) is 0 Å². The van der Waals surface area contributed by atoms with E-state index < -0.39 is 0 Å². The highest BCUT2D eigenvalue weighted by Crippen LogP contribution is 2.61. The number of hydrogen-bond acceptors (Lipinski definition) is 1.